The summed E-state index contributed by atoms with van der Waals surface area (Å²) in [6.07, 6.45) is 2.94. The molecule has 0 rings (SSSR count). The van der Waals surface area contributed by atoms with E-state index in [4.69, 9.17) is 10.00 Å². The molecule has 3 heteroatoms. The van der Waals surface area contributed by atoms with E-state index in [-0.39, 0.29) is 6.42 Å². The number of rotatable bonds is 5. The normalized spacial score (nSPS) is 8.73. The Morgan fingerprint density at radius 3 is 2.82 bits per heavy atom. The van der Waals surface area contributed by atoms with Gasteiger partial charge in [-0.2, -0.15) is 5.26 Å². The van der Waals surface area contributed by atoms with Crippen LogP contribution in [-0.4, -0.2) is 12.6 Å². The van der Waals surface area contributed by atoms with Gasteiger partial charge in [0.15, 0.2) is 0 Å². The number of nitrogens with zero attached hydrogens (tertiary/aromatic N) is 1. The lowest BCUT2D eigenvalue weighted by atomic mass is 10.3. The molecule has 3 nitrogen and oxygen atoms in total. The summed E-state index contributed by atoms with van der Waals surface area (Å²) in [6.45, 7) is 2.53. The summed E-state index contributed by atoms with van der Waals surface area (Å²) >= 11 is 0. The van der Waals surface area contributed by atoms with E-state index in [0.29, 0.717) is 6.61 Å². The molecule has 0 amide bonds. The van der Waals surface area contributed by atoms with Crippen molar-refractivity contribution >= 4 is 5.97 Å². The first-order valence-corrected chi connectivity index (χ1v) is 3.83. The second-order valence-corrected chi connectivity index (χ2v) is 2.26. The Balaban J connectivity index is 3.12. The summed E-state index contributed by atoms with van der Waals surface area (Å²) in [5.74, 6) is -0.413. The molecule has 0 aromatic carbocycles. The maximum absolute atomic E-state index is 10.6. The van der Waals surface area contributed by atoms with Crippen molar-refractivity contribution in [3.63, 3.8) is 0 Å². The Hall–Kier alpha value is -1.04. The molecule has 0 aliphatic carbocycles. The Morgan fingerprint density at radius 2 is 2.27 bits per heavy atom. The van der Waals surface area contributed by atoms with Crippen molar-refractivity contribution in [3.8, 4) is 6.07 Å². The van der Waals surface area contributed by atoms with Crippen LogP contribution >= 0.6 is 0 Å². The van der Waals surface area contributed by atoms with Crippen molar-refractivity contribution in [1.29, 1.82) is 5.26 Å². The molecule has 62 valence electrons. The fourth-order valence-electron chi connectivity index (χ4n) is 0.654. The molecule has 0 radical (unpaired) electrons. The van der Waals surface area contributed by atoms with Gasteiger partial charge in [-0.3, -0.25) is 4.79 Å². The van der Waals surface area contributed by atoms with Crippen molar-refractivity contribution in [2.24, 2.45) is 0 Å². The zero-order valence-corrected chi connectivity index (χ0v) is 6.80. The van der Waals surface area contributed by atoms with E-state index in [2.05, 4.69) is 6.92 Å². The molecule has 0 heterocycles. The van der Waals surface area contributed by atoms with Gasteiger partial charge >= 0.3 is 5.97 Å². The molecule has 0 saturated carbocycles. The summed E-state index contributed by atoms with van der Waals surface area (Å²) in [7, 11) is 0. The summed E-state index contributed by atoms with van der Waals surface area (Å²) in [6, 6.07) is 1.73. The van der Waals surface area contributed by atoms with Crippen molar-refractivity contribution in [3.05, 3.63) is 0 Å². The molecule has 0 bridgehead atoms. The molecule has 0 N–H and O–H groups in total. The van der Waals surface area contributed by atoms with Gasteiger partial charge in [0.2, 0.25) is 0 Å². The number of ether oxygens (including phenoxy) is 1. The maximum atomic E-state index is 10.6. The van der Waals surface area contributed by atoms with Crippen LogP contribution in [0.5, 0.6) is 0 Å². The Morgan fingerprint density at radius 1 is 1.55 bits per heavy atom. The van der Waals surface area contributed by atoms with Crippen molar-refractivity contribution in [2.45, 2.75) is 32.6 Å². The Kier molecular flexibility index (Phi) is 6.40. The zero-order chi connectivity index (χ0) is 8.53. The van der Waals surface area contributed by atoms with Crippen molar-refractivity contribution in [2.75, 3.05) is 6.61 Å². The minimum atomic E-state index is -0.413. The van der Waals surface area contributed by atoms with E-state index >= 15 is 0 Å². The number of nitriles is 1. The number of carbonyl (C=O) groups excluding carboxylic acids is 1. The number of unbranched alkanes of at least 4 members (excludes halogenated alkanes) is 2. The first-order chi connectivity index (χ1) is 5.31. The third-order valence-corrected chi connectivity index (χ3v) is 1.23. The molecule has 0 aromatic heterocycles. The van der Waals surface area contributed by atoms with E-state index in [1.54, 1.807) is 6.07 Å². The van der Waals surface area contributed by atoms with Crippen LogP contribution in [0.3, 0.4) is 0 Å². The molecule has 0 saturated heterocycles. The SMILES string of the molecule is CCCCCOC(=O)CC#N. The molecule has 0 aliphatic heterocycles. The van der Waals surface area contributed by atoms with E-state index in [0.717, 1.165) is 19.3 Å². The highest BCUT2D eigenvalue weighted by atomic mass is 16.5. The monoisotopic (exact) mass is 155 g/mol. The minimum Gasteiger partial charge on any atom is -0.465 e. The maximum Gasteiger partial charge on any atom is 0.320 e. The van der Waals surface area contributed by atoms with Gasteiger partial charge in [0, 0.05) is 0 Å². The fourth-order valence-corrected chi connectivity index (χ4v) is 0.654. The topological polar surface area (TPSA) is 50.1 Å². The molecule has 0 unspecified atom stereocenters. The predicted molar refractivity (Wildman–Crippen MR) is 40.7 cm³/mol. The van der Waals surface area contributed by atoms with Crippen LogP contribution in [0.25, 0.3) is 0 Å². The van der Waals surface area contributed by atoms with Crippen molar-refractivity contribution in [1.82, 2.24) is 0 Å². The zero-order valence-electron chi connectivity index (χ0n) is 6.80. The lowest BCUT2D eigenvalue weighted by Gasteiger charge is -1.99. The largest absolute Gasteiger partial charge is 0.465 e. The highest BCUT2D eigenvalue weighted by Gasteiger charge is 1.98. The van der Waals surface area contributed by atoms with Crippen LogP contribution in [0.2, 0.25) is 0 Å². The summed E-state index contributed by atoms with van der Waals surface area (Å²) in [5, 5.41) is 8.09. The van der Waals surface area contributed by atoms with Gasteiger partial charge in [0.25, 0.3) is 0 Å². The molecule has 0 aliphatic rings. The van der Waals surface area contributed by atoms with Gasteiger partial charge in [-0.25, -0.2) is 0 Å². The average molecular weight is 155 g/mol. The van der Waals surface area contributed by atoms with Gasteiger partial charge in [-0.1, -0.05) is 19.8 Å². The van der Waals surface area contributed by atoms with Gasteiger partial charge in [-0.15, -0.1) is 0 Å². The second kappa shape index (κ2) is 7.07. The van der Waals surface area contributed by atoms with Crippen LogP contribution in [0.4, 0.5) is 0 Å². The van der Waals surface area contributed by atoms with Crippen LogP contribution in [-0.2, 0) is 9.53 Å². The molecule has 11 heavy (non-hydrogen) atoms. The van der Waals surface area contributed by atoms with Gasteiger partial charge in [0.1, 0.15) is 6.42 Å². The van der Waals surface area contributed by atoms with Crippen LogP contribution in [0.1, 0.15) is 32.6 Å². The van der Waals surface area contributed by atoms with Crippen LogP contribution < -0.4 is 0 Å². The average Bonchev–Trinajstić information content (AvgIpc) is 1.99. The number of esters is 1. The second-order valence-electron chi connectivity index (χ2n) is 2.26. The standard InChI is InChI=1S/C8H13NO2/c1-2-3-4-7-11-8(10)5-6-9/h2-5,7H2,1H3. The number of hydrogen-bond acceptors (Lipinski definition) is 3. The fraction of sp³-hybridized carbons (Fsp3) is 0.750. The third-order valence-electron chi connectivity index (χ3n) is 1.23. The lowest BCUT2D eigenvalue weighted by molar-refractivity contribution is -0.142. The smallest absolute Gasteiger partial charge is 0.320 e. The van der Waals surface area contributed by atoms with Crippen molar-refractivity contribution < 1.29 is 9.53 Å². The molecule has 0 aromatic rings. The Labute approximate surface area is 67.0 Å². The van der Waals surface area contributed by atoms with Gasteiger partial charge < -0.3 is 4.74 Å². The van der Waals surface area contributed by atoms with Crippen LogP contribution in [0, 0.1) is 11.3 Å². The predicted octanol–water partition coefficient (Wildman–Crippen LogP) is 1.63. The van der Waals surface area contributed by atoms with Gasteiger partial charge in [-0.05, 0) is 6.42 Å². The molecular formula is C8H13NO2. The van der Waals surface area contributed by atoms with E-state index < -0.39 is 5.97 Å². The quantitative estimate of drug-likeness (QED) is 0.448. The number of hydrogen-bond donors (Lipinski definition) is 0. The molecule has 0 spiro atoms. The summed E-state index contributed by atoms with van der Waals surface area (Å²) in [5.41, 5.74) is 0. The Bertz CT molecular complexity index is 149. The first kappa shape index (κ1) is 9.96. The van der Waals surface area contributed by atoms with E-state index in [1.807, 2.05) is 0 Å². The lowest BCUT2D eigenvalue weighted by Crippen LogP contribution is -2.04. The first-order valence-electron chi connectivity index (χ1n) is 3.83. The third kappa shape index (κ3) is 6.85. The highest BCUT2D eigenvalue weighted by Crippen LogP contribution is 1.95. The molecular weight excluding hydrogens is 142 g/mol. The molecule has 0 atom stereocenters. The summed E-state index contributed by atoms with van der Waals surface area (Å²) < 4.78 is 4.72. The van der Waals surface area contributed by atoms with E-state index in [1.165, 1.54) is 0 Å². The van der Waals surface area contributed by atoms with Crippen LogP contribution in [0.15, 0.2) is 0 Å². The number of carbonyl (C=O) groups is 1. The summed E-state index contributed by atoms with van der Waals surface area (Å²) in [4.78, 5) is 10.6. The van der Waals surface area contributed by atoms with E-state index in [9.17, 15) is 4.79 Å². The molecule has 0 fully saturated rings. The minimum absolute atomic E-state index is 0.133. The van der Waals surface area contributed by atoms with Gasteiger partial charge in [0.05, 0.1) is 12.7 Å². The highest BCUT2D eigenvalue weighted by molar-refractivity contribution is 5.71.